The van der Waals surface area contributed by atoms with Crippen molar-refractivity contribution in [3.8, 4) is 6.07 Å². The van der Waals surface area contributed by atoms with E-state index >= 15 is 0 Å². The summed E-state index contributed by atoms with van der Waals surface area (Å²) in [6.07, 6.45) is -6.37. The van der Waals surface area contributed by atoms with Gasteiger partial charge in [-0.3, -0.25) is 0 Å². The second-order valence-corrected chi connectivity index (χ2v) is 2.77. The van der Waals surface area contributed by atoms with E-state index in [0.717, 1.165) is 6.07 Å². The fourth-order valence-electron chi connectivity index (χ4n) is 0.892. The first-order chi connectivity index (χ1) is 5.27. The van der Waals surface area contributed by atoms with E-state index in [4.69, 9.17) is 5.26 Å². The minimum Gasteiger partial charge on any atom is -0.197 e. The Morgan fingerprint density at radius 3 is 1.58 bits per heavy atom. The van der Waals surface area contributed by atoms with E-state index in [1.54, 1.807) is 0 Å². The minimum atomic E-state index is -5.61. The standard InChI is InChI=1S/C6H4F5N/c7-5(8,6(9,10)11)4(3-12)1-2-4/h1-2H2. The number of hydrogen-bond donors (Lipinski definition) is 0. The van der Waals surface area contributed by atoms with Gasteiger partial charge in [-0.05, 0) is 12.8 Å². The molecular weight excluding hydrogens is 181 g/mol. The molecule has 0 aliphatic heterocycles. The maximum atomic E-state index is 12.4. The predicted molar refractivity (Wildman–Crippen MR) is 28.3 cm³/mol. The molecule has 0 unspecified atom stereocenters. The molecule has 6 heteroatoms. The van der Waals surface area contributed by atoms with Crippen LogP contribution in [0.15, 0.2) is 0 Å². The fraction of sp³-hybridized carbons (Fsp3) is 0.833. The van der Waals surface area contributed by atoms with Crippen LogP contribution in [-0.4, -0.2) is 12.1 Å². The lowest BCUT2D eigenvalue weighted by Crippen LogP contribution is -2.44. The second-order valence-electron chi connectivity index (χ2n) is 2.77. The molecule has 0 N–H and O–H groups in total. The smallest absolute Gasteiger partial charge is 0.197 e. The molecule has 1 aliphatic rings. The molecule has 0 spiro atoms. The van der Waals surface area contributed by atoms with Gasteiger partial charge in [0.25, 0.3) is 0 Å². The van der Waals surface area contributed by atoms with Crippen LogP contribution >= 0.6 is 0 Å². The molecule has 1 fully saturated rings. The highest BCUT2D eigenvalue weighted by molar-refractivity contribution is 5.19. The fourth-order valence-corrected chi connectivity index (χ4v) is 0.892. The van der Waals surface area contributed by atoms with Crippen LogP contribution in [0.2, 0.25) is 0 Å². The van der Waals surface area contributed by atoms with Crippen LogP contribution in [-0.2, 0) is 0 Å². The molecule has 0 saturated heterocycles. The minimum absolute atomic E-state index is 0.379. The highest BCUT2D eigenvalue weighted by Crippen LogP contribution is 2.61. The van der Waals surface area contributed by atoms with Crippen LogP contribution in [0.1, 0.15) is 12.8 Å². The van der Waals surface area contributed by atoms with Crippen LogP contribution in [0.25, 0.3) is 0 Å². The third-order valence-corrected chi connectivity index (χ3v) is 1.92. The average Bonchev–Trinajstić information content (AvgIpc) is 2.64. The average molecular weight is 185 g/mol. The Hall–Kier alpha value is -0.860. The normalized spacial score (nSPS) is 21.7. The molecule has 0 amide bonds. The Morgan fingerprint density at radius 2 is 1.50 bits per heavy atom. The first-order valence-corrected chi connectivity index (χ1v) is 3.13. The van der Waals surface area contributed by atoms with Gasteiger partial charge in [-0.1, -0.05) is 0 Å². The third-order valence-electron chi connectivity index (χ3n) is 1.92. The summed E-state index contributed by atoms with van der Waals surface area (Å²) in [7, 11) is 0. The Balaban J connectivity index is 2.95. The summed E-state index contributed by atoms with van der Waals surface area (Å²) < 4.78 is 59.8. The molecule has 0 radical (unpaired) electrons. The van der Waals surface area contributed by atoms with Gasteiger partial charge in [-0.2, -0.15) is 27.2 Å². The summed E-state index contributed by atoms with van der Waals surface area (Å²) >= 11 is 0. The van der Waals surface area contributed by atoms with Gasteiger partial charge in [-0.15, -0.1) is 0 Å². The summed E-state index contributed by atoms with van der Waals surface area (Å²) in [5.41, 5.74) is -2.48. The molecule has 0 aromatic rings. The molecule has 0 atom stereocenters. The maximum absolute atomic E-state index is 12.4. The van der Waals surface area contributed by atoms with E-state index in [1.807, 2.05) is 0 Å². The zero-order valence-electron chi connectivity index (χ0n) is 5.75. The lowest BCUT2D eigenvalue weighted by Gasteiger charge is -2.23. The van der Waals surface area contributed by atoms with Gasteiger partial charge < -0.3 is 0 Å². The van der Waals surface area contributed by atoms with Crippen LogP contribution in [0.4, 0.5) is 22.0 Å². The van der Waals surface area contributed by atoms with E-state index in [-0.39, 0.29) is 12.8 Å². The van der Waals surface area contributed by atoms with Gasteiger partial charge in [0, 0.05) is 0 Å². The zero-order chi connectivity index (χ0) is 9.62. The van der Waals surface area contributed by atoms with Gasteiger partial charge in [-0.25, -0.2) is 0 Å². The maximum Gasteiger partial charge on any atom is 0.454 e. The molecule has 1 rings (SSSR count). The van der Waals surface area contributed by atoms with Crippen molar-refractivity contribution in [2.45, 2.75) is 24.9 Å². The Morgan fingerprint density at radius 1 is 1.08 bits per heavy atom. The topological polar surface area (TPSA) is 23.8 Å². The molecule has 68 valence electrons. The molecule has 0 aromatic carbocycles. The Bertz CT molecular complexity index is 231. The highest BCUT2D eigenvalue weighted by atomic mass is 19.4. The zero-order valence-corrected chi connectivity index (χ0v) is 5.75. The summed E-state index contributed by atoms with van der Waals surface area (Å²) in [4.78, 5) is 0. The number of halogens is 5. The monoisotopic (exact) mass is 185 g/mol. The van der Waals surface area contributed by atoms with Crippen molar-refractivity contribution in [1.82, 2.24) is 0 Å². The van der Waals surface area contributed by atoms with E-state index in [1.165, 1.54) is 0 Å². The summed E-state index contributed by atoms with van der Waals surface area (Å²) in [5, 5.41) is 8.13. The van der Waals surface area contributed by atoms with Crippen LogP contribution in [0, 0.1) is 16.7 Å². The molecule has 1 aliphatic carbocycles. The number of rotatable bonds is 1. The SMILES string of the molecule is N#CC1(C(F)(F)C(F)(F)F)CC1. The van der Waals surface area contributed by atoms with Crippen molar-refractivity contribution in [1.29, 1.82) is 5.26 Å². The third kappa shape index (κ3) is 0.958. The van der Waals surface area contributed by atoms with Crippen molar-refractivity contribution in [2.75, 3.05) is 0 Å². The summed E-state index contributed by atoms with van der Waals surface area (Å²) in [6, 6.07) is 1.03. The first kappa shape index (κ1) is 9.23. The lowest BCUT2D eigenvalue weighted by molar-refractivity contribution is -0.301. The molecule has 0 heterocycles. The number of hydrogen-bond acceptors (Lipinski definition) is 1. The van der Waals surface area contributed by atoms with E-state index < -0.39 is 17.5 Å². The first-order valence-electron chi connectivity index (χ1n) is 3.13. The lowest BCUT2D eigenvalue weighted by atomic mass is 10.00. The van der Waals surface area contributed by atoms with Crippen LogP contribution < -0.4 is 0 Å². The van der Waals surface area contributed by atoms with Crippen molar-refractivity contribution >= 4 is 0 Å². The van der Waals surface area contributed by atoms with Gasteiger partial charge in [0.2, 0.25) is 0 Å². The second kappa shape index (κ2) is 2.09. The number of nitriles is 1. The molecular formula is C6H4F5N. The quantitative estimate of drug-likeness (QED) is 0.575. The van der Waals surface area contributed by atoms with Crippen molar-refractivity contribution in [3.63, 3.8) is 0 Å². The molecule has 1 saturated carbocycles. The molecule has 1 nitrogen and oxygen atoms in total. The van der Waals surface area contributed by atoms with Crippen molar-refractivity contribution in [2.24, 2.45) is 5.41 Å². The molecule has 0 bridgehead atoms. The van der Waals surface area contributed by atoms with Gasteiger partial charge >= 0.3 is 12.1 Å². The van der Waals surface area contributed by atoms with Gasteiger partial charge in [0.1, 0.15) is 5.41 Å². The van der Waals surface area contributed by atoms with Crippen LogP contribution in [0.5, 0.6) is 0 Å². The largest absolute Gasteiger partial charge is 0.454 e. The Labute approximate surface area is 64.8 Å². The van der Waals surface area contributed by atoms with E-state index in [0.29, 0.717) is 0 Å². The molecule has 0 aromatic heterocycles. The highest BCUT2D eigenvalue weighted by Gasteiger charge is 2.75. The van der Waals surface area contributed by atoms with Crippen molar-refractivity contribution in [3.05, 3.63) is 0 Å². The van der Waals surface area contributed by atoms with Crippen molar-refractivity contribution < 1.29 is 22.0 Å². The van der Waals surface area contributed by atoms with Crippen LogP contribution in [0.3, 0.4) is 0 Å². The van der Waals surface area contributed by atoms with Gasteiger partial charge in [0.05, 0.1) is 6.07 Å². The Kier molecular flexibility index (Phi) is 1.61. The summed E-state index contributed by atoms with van der Waals surface area (Å²) in [5.74, 6) is -4.87. The molecule has 12 heavy (non-hydrogen) atoms. The van der Waals surface area contributed by atoms with E-state index in [2.05, 4.69) is 0 Å². The number of nitrogens with zero attached hydrogens (tertiary/aromatic N) is 1. The predicted octanol–water partition coefficient (Wildman–Crippen LogP) is 2.49. The van der Waals surface area contributed by atoms with Gasteiger partial charge in [0.15, 0.2) is 0 Å². The van der Waals surface area contributed by atoms with E-state index in [9.17, 15) is 22.0 Å². The summed E-state index contributed by atoms with van der Waals surface area (Å²) in [6.45, 7) is 0. The number of alkyl halides is 5.